The lowest BCUT2D eigenvalue weighted by molar-refractivity contribution is 0.122. The van der Waals surface area contributed by atoms with E-state index in [-0.39, 0.29) is 12.1 Å². The molecule has 0 atom stereocenters. The molecule has 4 aromatic rings. The molecular weight excluding hydrogens is 524 g/mol. The van der Waals surface area contributed by atoms with E-state index in [2.05, 4.69) is 62.9 Å². The molecule has 2 aliphatic rings. The highest BCUT2D eigenvalue weighted by molar-refractivity contribution is 7.82. The number of morpholine rings is 1. The van der Waals surface area contributed by atoms with Crippen LogP contribution in [0.3, 0.4) is 0 Å². The summed E-state index contributed by atoms with van der Waals surface area (Å²) in [5, 5.41) is 8.41. The molecule has 2 saturated heterocycles. The van der Waals surface area contributed by atoms with E-state index in [1.807, 2.05) is 30.5 Å². The molecule has 2 amide bonds. The van der Waals surface area contributed by atoms with Gasteiger partial charge in [-0.15, -0.1) is 0 Å². The summed E-state index contributed by atoms with van der Waals surface area (Å²) in [6, 6.07) is 18.2. The predicted octanol–water partition coefficient (Wildman–Crippen LogP) is 4.16. The van der Waals surface area contributed by atoms with Crippen molar-refractivity contribution in [1.82, 2.24) is 30.0 Å². The van der Waals surface area contributed by atoms with Gasteiger partial charge >= 0.3 is 6.03 Å². The third-order valence-electron chi connectivity index (χ3n) is 7.67. The Bertz CT molecular complexity index is 1450. The van der Waals surface area contributed by atoms with Gasteiger partial charge in [0.2, 0.25) is 0 Å². The summed E-state index contributed by atoms with van der Waals surface area (Å²) < 4.78 is 8.99. The van der Waals surface area contributed by atoms with Crippen LogP contribution in [-0.2, 0) is 11.3 Å². The number of carbonyl (C=O) groups excluding carboxylic acids is 1. The molecule has 2 fully saturated rings. The number of aromatic nitrogens is 4. The number of nitrogens with one attached hydrogen (secondary N) is 1. The summed E-state index contributed by atoms with van der Waals surface area (Å²) in [6.45, 7) is 5.88. The maximum absolute atomic E-state index is 12.0. The van der Waals surface area contributed by atoms with Crippen molar-refractivity contribution in [2.45, 2.75) is 25.4 Å². The Morgan fingerprint density at radius 2 is 1.75 bits per heavy atom. The third kappa shape index (κ3) is 5.49. The number of hydrogen-bond acceptors (Lipinski definition) is 8. The van der Waals surface area contributed by atoms with E-state index in [1.165, 1.54) is 9.87 Å². The molecule has 0 unspecified atom stereocenters. The van der Waals surface area contributed by atoms with Crippen molar-refractivity contribution in [2.24, 2.45) is 0 Å². The van der Waals surface area contributed by atoms with E-state index < -0.39 is 0 Å². The topological polar surface area (TPSA) is 91.7 Å². The molecule has 40 heavy (non-hydrogen) atoms. The summed E-state index contributed by atoms with van der Waals surface area (Å²) in [5.74, 6) is 1.52. The average molecular weight is 559 g/mol. The number of rotatable bonds is 6. The van der Waals surface area contributed by atoms with Crippen LogP contribution >= 0.6 is 12.8 Å². The lowest BCUT2D eigenvalue weighted by Crippen LogP contribution is -2.37. The van der Waals surface area contributed by atoms with Gasteiger partial charge in [0, 0.05) is 45.3 Å². The number of hydrogen-bond donors (Lipinski definition) is 2. The van der Waals surface area contributed by atoms with Crippen LogP contribution in [0.2, 0.25) is 0 Å². The van der Waals surface area contributed by atoms with Gasteiger partial charge in [0.25, 0.3) is 0 Å². The lowest BCUT2D eigenvalue weighted by Gasteiger charge is -2.32. The summed E-state index contributed by atoms with van der Waals surface area (Å²) in [6.07, 6.45) is 3.95. The fourth-order valence-corrected chi connectivity index (χ4v) is 5.70. The zero-order valence-electron chi connectivity index (χ0n) is 22.6. The zero-order valence-corrected chi connectivity index (χ0v) is 23.5. The number of fused-ring (bicyclic) bond motifs is 1. The van der Waals surface area contributed by atoms with E-state index >= 15 is 0 Å². The van der Waals surface area contributed by atoms with Crippen LogP contribution < -0.4 is 14.5 Å². The van der Waals surface area contributed by atoms with Crippen molar-refractivity contribution >= 4 is 41.4 Å². The second kappa shape index (κ2) is 11.8. The van der Waals surface area contributed by atoms with Crippen molar-refractivity contribution in [1.29, 1.82) is 0 Å². The van der Waals surface area contributed by atoms with Gasteiger partial charge in [-0.3, -0.25) is 4.90 Å². The molecule has 10 nitrogen and oxygen atoms in total. The number of piperidine rings is 1. The van der Waals surface area contributed by atoms with E-state index in [9.17, 15) is 4.79 Å². The predicted molar refractivity (Wildman–Crippen MR) is 160 cm³/mol. The van der Waals surface area contributed by atoms with Crippen LogP contribution in [0.4, 0.5) is 16.3 Å². The molecule has 11 heteroatoms. The maximum Gasteiger partial charge on any atom is 0.331 e. The molecule has 0 radical (unpaired) electrons. The molecule has 208 valence electrons. The highest BCUT2D eigenvalue weighted by atomic mass is 32.1. The van der Waals surface area contributed by atoms with Crippen molar-refractivity contribution in [3.8, 4) is 11.4 Å². The average Bonchev–Trinajstić information content (AvgIpc) is 3.45. The van der Waals surface area contributed by atoms with Crippen LogP contribution in [-0.4, -0.2) is 77.1 Å². The van der Waals surface area contributed by atoms with Crippen LogP contribution in [0.1, 0.15) is 24.4 Å². The number of likely N-dealkylation sites (tertiary alicyclic amines) is 1. The van der Waals surface area contributed by atoms with Crippen LogP contribution in [0, 0.1) is 0 Å². The first-order chi connectivity index (χ1) is 19.6. The molecule has 0 aliphatic carbocycles. The largest absolute Gasteiger partial charge is 0.378 e. The van der Waals surface area contributed by atoms with Crippen molar-refractivity contribution < 1.29 is 9.53 Å². The Morgan fingerprint density at radius 1 is 1.02 bits per heavy atom. The van der Waals surface area contributed by atoms with Crippen LogP contribution in [0.5, 0.6) is 0 Å². The number of anilines is 2. The van der Waals surface area contributed by atoms with Gasteiger partial charge in [0.15, 0.2) is 11.5 Å². The first-order valence-electron chi connectivity index (χ1n) is 13.8. The monoisotopic (exact) mass is 558 g/mol. The number of nitrogens with zero attached hydrogens (tertiary/aromatic N) is 7. The number of urea groups is 1. The quantitative estimate of drug-likeness (QED) is 0.344. The van der Waals surface area contributed by atoms with Crippen LogP contribution in [0.15, 0.2) is 60.8 Å². The fraction of sp³-hybridized carbons (Fsp3) is 0.379. The molecule has 0 spiro atoms. The zero-order chi connectivity index (χ0) is 27.5. The molecule has 1 N–H and O–H groups in total. The van der Waals surface area contributed by atoms with Gasteiger partial charge in [-0.2, -0.15) is 5.10 Å². The van der Waals surface area contributed by atoms with Gasteiger partial charge < -0.3 is 15.0 Å². The fourth-order valence-electron chi connectivity index (χ4n) is 5.46. The van der Waals surface area contributed by atoms with Crippen molar-refractivity contribution in [2.75, 3.05) is 55.6 Å². The summed E-state index contributed by atoms with van der Waals surface area (Å²) in [7, 11) is 1.58. The summed E-state index contributed by atoms with van der Waals surface area (Å²) >= 11 is 4.30. The number of benzene rings is 2. The van der Waals surface area contributed by atoms with Crippen molar-refractivity contribution in [3.63, 3.8) is 0 Å². The molecule has 4 heterocycles. The standard InChI is InChI=1S/C29H34N8O2S/c1-30-29(38)37(40)24-9-7-22(8-10-24)26-32-27(35-15-17-39-18-16-35)25-19-31-36(28(25)33-26)23-11-13-34(14-12-23)20-21-5-3-2-4-6-21/h2-10,19,23,40H,11-18,20H2,1H3,(H,30,38). The van der Waals surface area contributed by atoms with Gasteiger partial charge in [0.1, 0.15) is 5.82 Å². The summed E-state index contributed by atoms with van der Waals surface area (Å²) in [5.41, 5.74) is 3.73. The molecule has 2 aliphatic heterocycles. The van der Waals surface area contributed by atoms with Crippen molar-refractivity contribution in [3.05, 3.63) is 66.4 Å². The third-order valence-corrected chi connectivity index (χ3v) is 8.09. The first kappa shape index (κ1) is 26.5. The van der Waals surface area contributed by atoms with E-state index in [1.54, 1.807) is 7.05 Å². The van der Waals surface area contributed by atoms with Gasteiger partial charge in [0.05, 0.1) is 36.5 Å². The smallest absolute Gasteiger partial charge is 0.331 e. The minimum atomic E-state index is -0.304. The molecule has 6 rings (SSSR count). The number of amides is 2. The minimum Gasteiger partial charge on any atom is -0.378 e. The lowest BCUT2D eigenvalue weighted by atomic mass is 10.0. The number of carbonyl (C=O) groups is 1. The summed E-state index contributed by atoms with van der Waals surface area (Å²) in [4.78, 5) is 26.8. The second-order valence-corrected chi connectivity index (χ2v) is 10.6. The number of thiol groups is 1. The highest BCUT2D eigenvalue weighted by Crippen LogP contribution is 2.33. The van der Waals surface area contributed by atoms with Crippen LogP contribution in [0.25, 0.3) is 22.4 Å². The SMILES string of the molecule is CNC(=O)N(S)c1ccc(-c2nc(N3CCOCC3)c3cnn(C4CCN(Cc5ccccc5)CC4)c3n2)cc1. The Kier molecular flexibility index (Phi) is 7.85. The highest BCUT2D eigenvalue weighted by Gasteiger charge is 2.26. The van der Waals surface area contributed by atoms with E-state index in [0.29, 0.717) is 24.7 Å². The Balaban J connectivity index is 1.30. The molecular formula is C29H34N8O2S. The molecule has 2 aromatic heterocycles. The first-order valence-corrected chi connectivity index (χ1v) is 14.2. The molecule has 2 aromatic carbocycles. The molecule has 0 bridgehead atoms. The Morgan fingerprint density at radius 3 is 2.45 bits per heavy atom. The minimum absolute atomic E-state index is 0.275. The Hall–Kier alpha value is -3.67. The van der Waals surface area contributed by atoms with Gasteiger partial charge in [-0.25, -0.2) is 23.7 Å². The second-order valence-electron chi connectivity index (χ2n) is 10.2. The Labute approximate surface area is 239 Å². The molecule has 0 saturated carbocycles. The number of ether oxygens (including phenoxy) is 1. The van der Waals surface area contributed by atoms with Gasteiger partial charge in [-0.1, -0.05) is 43.1 Å². The van der Waals surface area contributed by atoms with E-state index in [0.717, 1.165) is 68.0 Å². The maximum atomic E-state index is 12.0. The van der Waals surface area contributed by atoms with Gasteiger partial charge in [-0.05, 0) is 42.7 Å². The normalized spacial score (nSPS) is 16.8. The van der Waals surface area contributed by atoms with E-state index in [4.69, 9.17) is 19.8 Å².